The maximum atomic E-state index is 13.0. The van der Waals surface area contributed by atoms with Crippen LogP contribution in [-0.2, 0) is 11.2 Å². The van der Waals surface area contributed by atoms with E-state index in [1.54, 1.807) is 0 Å². The molecule has 0 spiro atoms. The van der Waals surface area contributed by atoms with Gasteiger partial charge in [-0.2, -0.15) is 0 Å². The number of hydrogen-bond donors (Lipinski definition) is 3. The van der Waals surface area contributed by atoms with Gasteiger partial charge >= 0.3 is 6.03 Å². The fourth-order valence-corrected chi connectivity index (χ4v) is 4.40. The lowest BCUT2D eigenvalue weighted by Gasteiger charge is -2.20. The normalized spacial score (nSPS) is 14.3. The van der Waals surface area contributed by atoms with E-state index in [9.17, 15) is 9.59 Å². The smallest absolute Gasteiger partial charge is 0.319 e. The van der Waals surface area contributed by atoms with Crippen molar-refractivity contribution in [1.82, 2.24) is 15.5 Å². The number of hydrogen-bond acceptors (Lipinski definition) is 3. The Morgan fingerprint density at radius 1 is 0.800 bits per heavy atom. The van der Waals surface area contributed by atoms with Crippen molar-refractivity contribution in [2.45, 2.75) is 31.7 Å². The number of rotatable bonds is 10. The second kappa shape index (κ2) is 12.7. The van der Waals surface area contributed by atoms with Gasteiger partial charge in [-0.15, -0.1) is 0 Å². The van der Waals surface area contributed by atoms with Crippen molar-refractivity contribution in [3.05, 3.63) is 90.5 Å². The van der Waals surface area contributed by atoms with Crippen molar-refractivity contribution in [2.24, 2.45) is 0 Å². The Hall–Kier alpha value is -3.64. The highest BCUT2D eigenvalue weighted by Gasteiger charge is 2.21. The van der Waals surface area contributed by atoms with Crippen molar-refractivity contribution in [3.8, 4) is 11.1 Å². The first kappa shape index (κ1) is 24.5. The standard InChI is InChI=1S/C29H34N4O2/c34-28(30-18-9-21-33-19-7-8-20-33)27(22-23-10-3-1-4-11-23)32-29(35)31-26-16-14-25(15-17-26)24-12-5-2-6-13-24/h1-6,10-17,27H,7-9,18-22H2,(H,30,34)(H2,31,32,35). The zero-order valence-corrected chi connectivity index (χ0v) is 20.1. The van der Waals surface area contributed by atoms with Crippen molar-refractivity contribution in [3.63, 3.8) is 0 Å². The zero-order chi connectivity index (χ0) is 24.3. The van der Waals surface area contributed by atoms with Crippen LogP contribution in [0.25, 0.3) is 11.1 Å². The molecule has 1 atom stereocenters. The minimum Gasteiger partial charge on any atom is -0.354 e. The van der Waals surface area contributed by atoms with Gasteiger partial charge in [-0.3, -0.25) is 4.79 Å². The van der Waals surface area contributed by atoms with Crippen molar-refractivity contribution in [2.75, 3.05) is 31.5 Å². The van der Waals surface area contributed by atoms with Gasteiger partial charge in [-0.25, -0.2) is 4.79 Å². The molecule has 1 saturated heterocycles. The van der Waals surface area contributed by atoms with Gasteiger partial charge in [0.1, 0.15) is 6.04 Å². The average molecular weight is 471 g/mol. The largest absolute Gasteiger partial charge is 0.354 e. The lowest BCUT2D eigenvalue weighted by atomic mass is 10.1. The first-order valence-electron chi connectivity index (χ1n) is 12.4. The Morgan fingerprint density at radius 3 is 2.11 bits per heavy atom. The summed E-state index contributed by atoms with van der Waals surface area (Å²) >= 11 is 0. The first-order chi connectivity index (χ1) is 17.2. The van der Waals surface area contributed by atoms with E-state index in [0.29, 0.717) is 18.7 Å². The number of amides is 3. The van der Waals surface area contributed by atoms with Crippen LogP contribution >= 0.6 is 0 Å². The van der Waals surface area contributed by atoms with Crippen LogP contribution in [0.15, 0.2) is 84.9 Å². The molecular weight excluding hydrogens is 436 g/mol. The van der Waals surface area contributed by atoms with Crippen LogP contribution in [-0.4, -0.2) is 49.1 Å². The van der Waals surface area contributed by atoms with Crippen LogP contribution in [0.3, 0.4) is 0 Å². The second-order valence-corrected chi connectivity index (χ2v) is 8.98. The van der Waals surface area contributed by atoms with E-state index in [1.807, 2.05) is 84.9 Å². The predicted octanol–water partition coefficient (Wildman–Crippen LogP) is 4.69. The quantitative estimate of drug-likeness (QED) is 0.377. The van der Waals surface area contributed by atoms with E-state index in [-0.39, 0.29) is 5.91 Å². The minimum absolute atomic E-state index is 0.162. The highest BCUT2D eigenvalue weighted by atomic mass is 16.2. The third kappa shape index (κ3) is 7.69. The first-order valence-corrected chi connectivity index (χ1v) is 12.4. The third-order valence-electron chi connectivity index (χ3n) is 6.30. The van der Waals surface area contributed by atoms with E-state index in [2.05, 4.69) is 20.9 Å². The van der Waals surface area contributed by atoms with Gasteiger partial charge in [0.2, 0.25) is 5.91 Å². The molecule has 3 aromatic rings. The fourth-order valence-electron chi connectivity index (χ4n) is 4.40. The number of benzene rings is 3. The Morgan fingerprint density at radius 2 is 1.43 bits per heavy atom. The number of likely N-dealkylation sites (tertiary alicyclic amines) is 1. The molecule has 1 heterocycles. The topological polar surface area (TPSA) is 73.5 Å². The van der Waals surface area contributed by atoms with Crippen LogP contribution in [0.1, 0.15) is 24.8 Å². The number of urea groups is 1. The summed E-state index contributed by atoms with van der Waals surface area (Å²) in [6, 6.07) is 26.5. The minimum atomic E-state index is -0.659. The van der Waals surface area contributed by atoms with Crippen LogP contribution in [0.4, 0.5) is 10.5 Å². The molecule has 1 unspecified atom stereocenters. The molecule has 182 valence electrons. The molecule has 3 aromatic carbocycles. The maximum Gasteiger partial charge on any atom is 0.319 e. The lowest BCUT2D eigenvalue weighted by molar-refractivity contribution is -0.122. The highest BCUT2D eigenvalue weighted by molar-refractivity contribution is 5.94. The van der Waals surface area contributed by atoms with Crippen LogP contribution in [0.2, 0.25) is 0 Å². The SMILES string of the molecule is O=C(Nc1ccc(-c2ccccc2)cc1)NC(Cc1ccccc1)C(=O)NCCCN1CCCC1. The second-order valence-electron chi connectivity index (χ2n) is 8.98. The summed E-state index contributed by atoms with van der Waals surface area (Å²) in [4.78, 5) is 28.2. The molecule has 0 aromatic heterocycles. The Kier molecular flexibility index (Phi) is 8.90. The summed E-state index contributed by atoms with van der Waals surface area (Å²) in [5, 5.41) is 8.74. The van der Waals surface area contributed by atoms with Crippen LogP contribution in [0.5, 0.6) is 0 Å². The lowest BCUT2D eigenvalue weighted by Crippen LogP contribution is -2.49. The molecule has 0 saturated carbocycles. The number of nitrogens with zero attached hydrogens (tertiary/aromatic N) is 1. The Balaban J connectivity index is 1.32. The maximum absolute atomic E-state index is 13.0. The Bertz CT molecular complexity index is 1060. The van der Waals surface area contributed by atoms with Gasteiger partial charge in [-0.05, 0) is 67.7 Å². The van der Waals surface area contributed by atoms with E-state index in [1.165, 1.54) is 12.8 Å². The highest BCUT2D eigenvalue weighted by Crippen LogP contribution is 2.21. The molecule has 35 heavy (non-hydrogen) atoms. The van der Waals surface area contributed by atoms with E-state index >= 15 is 0 Å². The van der Waals surface area contributed by atoms with E-state index in [0.717, 1.165) is 42.7 Å². The van der Waals surface area contributed by atoms with Gasteiger partial charge in [0, 0.05) is 18.7 Å². The molecule has 1 fully saturated rings. The zero-order valence-electron chi connectivity index (χ0n) is 20.1. The van der Waals surface area contributed by atoms with Gasteiger partial charge in [0.05, 0.1) is 0 Å². The van der Waals surface area contributed by atoms with Crippen molar-refractivity contribution in [1.29, 1.82) is 0 Å². The predicted molar refractivity (Wildman–Crippen MR) is 141 cm³/mol. The molecule has 0 aliphatic carbocycles. The molecule has 1 aliphatic rings. The molecule has 0 radical (unpaired) electrons. The summed E-state index contributed by atoms with van der Waals surface area (Å²) in [6.07, 6.45) is 3.86. The summed E-state index contributed by atoms with van der Waals surface area (Å²) in [5.41, 5.74) is 3.86. The molecular formula is C29H34N4O2. The Labute approximate surface area is 207 Å². The average Bonchev–Trinajstić information content (AvgIpc) is 3.41. The molecule has 4 rings (SSSR count). The van der Waals surface area contributed by atoms with Crippen molar-refractivity contribution >= 4 is 17.6 Å². The van der Waals surface area contributed by atoms with E-state index in [4.69, 9.17) is 0 Å². The number of carbonyl (C=O) groups is 2. The number of carbonyl (C=O) groups excluding carboxylic acids is 2. The van der Waals surface area contributed by atoms with Crippen LogP contribution < -0.4 is 16.0 Å². The van der Waals surface area contributed by atoms with Gasteiger partial charge in [0.25, 0.3) is 0 Å². The van der Waals surface area contributed by atoms with E-state index < -0.39 is 12.1 Å². The third-order valence-corrected chi connectivity index (χ3v) is 6.30. The summed E-state index contributed by atoms with van der Waals surface area (Å²) in [6.45, 7) is 3.90. The van der Waals surface area contributed by atoms with Gasteiger partial charge < -0.3 is 20.9 Å². The molecule has 3 N–H and O–H groups in total. The molecule has 6 heteroatoms. The van der Waals surface area contributed by atoms with Crippen molar-refractivity contribution < 1.29 is 9.59 Å². The van der Waals surface area contributed by atoms with Gasteiger partial charge in [-0.1, -0.05) is 72.8 Å². The fraction of sp³-hybridized carbons (Fsp3) is 0.310. The van der Waals surface area contributed by atoms with Crippen LogP contribution in [0, 0.1) is 0 Å². The molecule has 0 bridgehead atoms. The summed E-state index contributed by atoms with van der Waals surface area (Å²) in [5.74, 6) is -0.162. The van der Waals surface area contributed by atoms with Gasteiger partial charge in [0.15, 0.2) is 0 Å². The molecule has 6 nitrogen and oxygen atoms in total. The number of anilines is 1. The summed E-state index contributed by atoms with van der Waals surface area (Å²) < 4.78 is 0. The number of nitrogens with one attached hydrogen (secondary N) is 3. The monoisotopic (exact) mass is 470 g/mol. The molecule has 3 amide bonds. The molecule has 1 aliphatic heterocycles. The summed E-state index contributed by atoms with van der Waals surface area (Å²) in [7, 11) is 0.